The van der Waals surface area contributed by atoms with E-state index in [4.69, 9.17) is 4.74 Å². The zero-order valence-corrected chi connectivity index (χ0v) is 15.5. The second-order valence-corrected chi connectivity index (χ2v) is 6.58. The second-order valence-electron chi connectivity index (χ2n) is 6.58. The maximum atomic E-state index is 12.7. The summed E-state index contributed by atoms with van der Waals surface area (Å²) in [6.45, 7) is 4.66. The van der Waals surface area contributed by atoms with E-state index in [2.05, 4.69) is 15.3 Å². The average Bonchev–Trinajstić information content (AvgIpc) is 3.09. The standard InChI is InChI=1S/C19H27N5O2/c1-3-24(14-18-20-9-10-23(18)2)19(25)15-7-8-17(21-12-15)22-13-16-6-4-5-11-26-16/h7-10,12,16H,3-6,11,13-14H2,1-2H3,(H,21,22). The molecule has 2 aromatic heterocycles. The fourth-order valence-electron chi connectivity index (χ4n) is 3.04. The molecule has 0 aliphatic carbocycles. The predicted molar refractivity (Wildman–Crippen MR) is 99.9 cm³/mol. The van der Waals surface area contributed by atoms with Crippen LogP contribution in [0.25, 0.3) is 0 Å². The van der Waals surface area contributed by atoms with E-state index in [1.165, 1.54) is 6.42 Å². The van der Waals surface area contributed by atoms with Crippen LogP contribution in [0.3, 0.4) is 0 Å². The lowest BCUT2D eigenvalue weighted by molar-refractivity contribution is 0.0247. The van der Waals surface area contributed by atoms with Crippen molar-refractivity contribution in [2.75, 3.05) is 25.0 Å². The summed E-state index contributed by atoms with van der Waals surface area (Å²) in [4.78, 5) is 23.2. The lowest BCUT2D eigenvalue weighted by Crippen LogP contribution is -2.31. The normalized spacial score (nSPS) is 17.1. The molecule has 3 rings (SSSR count). The Morgan fingerprint density at radius 1 is 1.38 bits per heavy atom. The van der Waals surface area contributed by atoms with Gasteiger partial charge in [0, 0.05) is 45.3 Å². The van der Waals surface area contributed by atoms with Gasteiger partial charge in [0.05, 0.1) is 18.2 Å². The zero-order valence-electron chi connectivity index (χ0n) is 15.5. The van der Waals surface area contributed by atoms with E-state index in [-0.39, 0.29) is 12.0 Å². The Morgan fingerprint density at radius 3 is 2.88 bits per heavy atom. The number of nitrogens with one attached hydrogen (secondary N) is 1. The van der Waals surface area contributed by atoms with Crippen LogP contribution in [-0.4, -0.2) is 51.1 Å². The lowest BCUT2D eigenvalue weighted by atomic mass is 10.1. The van der Waals surface area contributed by atoms with E-state index in [9.17, 15) is 4.79 Å². The molecule has 1 aliphatic rings. The van der Waals surface area contributed by atoms with Gasteiger partial charge in [-0.25, -0.2) is 9.97 Å². The van der Waals surface area contributed by atoms with E-state index in [1.54, 1.807) is 17.3 Å². The van der Waals surface area contributed by atoms with Crippen molar-refractivity contribution < 1.29 is 9.53 Å². The summed E-state index contributed by atoms with van der Waals surface area (Å²) in [6, 6.07) is 3.67. The molecule has 1 aliphatic heterocycles. The SMILES string of the molecule is CCN(Cc1nccn1C)C(=O)c1ccc(NCC2CCCCO2)nc1. The highest BCUT2D eigenvalue weighted by atomic mass is 16.5. The van der Waals surface area contributed by atoms with Crippen molar-refractivity contribution in [1.82, 2.24) is 19.4 Å². The molecule has 0 spiro atoms. The first-order chi connectivity index (χ1) is 12.7. The number of hydrogen-bond donors (Lipinski definition) is 1. The molecule has 1 atom stereocenters. The number of imidazole rings is 1. The van der Waals surface area contributed by atoms with E-state index in [0.29, 0.717) is 18.7 Å². The summed E-state index contributed by atoms with van der Waals surface area (Å²) < 4.78 is 7.63. The molecule has 0 saturated carbocycles. The van der Waals surface area contributed by atoms with E-state index in [1.807, 2.05) is 36.9 Å². The number of hydrogen-bond acceptors (Lipinski definition) is 5. The number of nitrogens with zero attached hydrogens (tertiary/aromatic N) is 4. The van der Waals surface area contributed by atoms with Gasteiger partial charge < -0.3 is 19.5 Å². The topological polar surface area (TPSA) is 72.3 Å². The fourth-order valence-corrected chi connectivity index (χ4v) is 3.04. The third kappa shape index (κ3) is 4.60. The fraction of sp³-hybridized carbons (Fsp3) is 0.526. The minimum Gasteiger partial charge on any atom is -0.376 e. The minimum absolute atomic E-state index is 0.0369. The van der Waals surface area contributed by atoms with Crippen LogP contribution < -0.4 is 5.32 Å². The molecule has 140 valence electrons. The molecule has 1 unspecified atom stereocenters. The highest BCUT2D eigenvalue weighted by Gasteiger charge is 2.17. The Labute approximate surface area is 154 Å². The maximum absolute atomic E-state index is 12.7. The van der Waals surface area contributed by atoms with Gasteiger partial charge in [0.1, 0.15) is 11.6 Å². The largest absolute Gasteiger partial charge is 0.376 e. The number of anilines is 1. The second kappa shape index (κ2) is 8.80. The number of carbonyl (C=O) groups excluding carboxylic acids is 1. The summed E-state index contributed by atoms with van der Waals surface area (Å²) in [5.41, 5.74) is 0.584. The Kier molecular flexibility index (Phi) is 6.22. The Bertz CT molecular complexity index is 707. The number of carbonyl (C=O) groups is 1. The number of aromatic nitrogens is 3. The third-order valence-corrected chi connectivity index (χ3v) is 4.72. The molecule has 0 bridgehead atoms. The van der Waals surface area contributed by atoms with Crippen LogP contribution in [0.15, 0.2) is 30.7 Å². The highest BCUT2D eigenvalue weighted by Crippen LogP contribution is 2.14. The van der Waals surface area contributed by atoms with Gasteiger partial charge in [0.2, 0.25) is 0 Å². The van der Waals surface area contributed by atoms with Crippen molar-refractivity contribution in [3.05, 3.63) is 42.1 Å². The number of rotatable bonds is 7. The summed E-state index contributed by atoms with van der Waals surface area (Å²) in [7, 11) is 1.93. The molecule has 1 N–H and O–H groups in total. The molecular formula is C19H27N5O2. The van der Waals surface area contributed by atoms with E-state index < -0.39 is 0 Å². The number of amides is 1. The van der Waals surface area contributed by atoms with Crippen molar-refractivity contribution >= 4 is 11.7 Å². The van der Waals surface area contributed by atoms with Crippen LogP contribution in [0.4, 0.5) is 5.82 Å². The van der Waals surface area contributed by atoms with Crippen molar-refractivity contribution in [3.63, 3.8) is 0 Å². The van der Waals surface area contributed by atoms with Crippen LogP contribution in [-0.2, 0) is 18.3 Å². The summed E-state index contributed by atoms with van der Waals surface area (Å²) in [5.74, 6) is 1.59. The van der Waals surface area contributed by atoms with Crippen molar-refractivity contribution in [3.8, 4) is 0 Å². The van der Waals surface area contributed by atoms with Crippen LogP contribution in [0.1, 0.15) is 42.4 Å². The summed E-state index contributed by atoms with van der Waals surface area (Å²) in [5, 5.41) is 3.29. The molecule has 7 nitrogen and oxygen atoms in total. The van der Waals surface area contributed by atoms with Gasteiger partial charge >= 0.3 is 0 Å². The molecule has 1 fully saturated rings. The number of pyridine rings is 1. The van der Waals surface area contributed by atoms with Crippen molar-refractivity contribution in [1.29, 1.82) is 0 Å². The van der Waals surface area contributed by atoms with Crippen LogP contribution in [0.2, 0.25) is 0 Å². The molecule has 1 amide bonds. The first kappa shape index (κ1) is 18.4. The smallest absolute Gasteiger partial charge is 0.255 e. The molecule has 26 heavy (non-hydrogen) atoms. The van der Waals surface area contributed by atoms with Gasteiger partial charge in [-0.3, -0.25) is 4.79 Å². The maximum Gasteiger partial charge on any atom is 0.255 e. The first-order valence-electron chi connectivity index (χ1n) is 9.24. The molecule has 3 heterocycles. The van der Waals surface area contributed by atoms with Gasteiger partial charge in [0.15, 0.2) is 0 Å². The minimum atomic E-state index is -0.0369. The first-order valence-corrected chi connectivity index (χ1v) is 9.24. The Morgan fingerprint density at radius 2 is 2.27 bits per heavy atom. The lowest BCUT2D eigenvalue weighted by Gasteiger charge is -2.23. The van der Waals surface area contributed by atoms with E-state index in [0.717, 1.165) is 37.6 Å². The molecule has 2 aromatic rings. The monoisotopic (exact) mass is 357 g/mol. The molecule has 0 radical (unpaired) electrons. The quantitative estimate of drug-likeness (QED) is 0.824. The molecule has 0 aromatic carbocycles. The van der Waals surface area contributed by atoms with Gasteiger partial charge in [-0.15, -0.1) is 0 Å². The molecule has 1 saturated heterocycles. The molecular weight excluding hydrogens is 330 g/mol. The Balaban J connectivity index is 1.57. The third-order valence-electron chi connectivity index (χ3n) is 4.72. The predicted octanol–water partition coefficient (Wildman–Crippen LogP) is 2.46. The van der Waals surface area contributed by atoms with E-state index >= 15 is 0 Å². The number of ether oxygens (including phenoxy) is 1. The Hall–Kier alpha value is -2.41. The van der Waals surface area contributed by atoms with Gasteiger partial charge in [0.25, 0.3) is 5.91 Å². The van der Waals surface area contributed by atoms with Crippen LogP contribution in [0, 0.1) is 0 Å². The summed E-state index contributed by atoms with van der Waals surface area (Å²) >= 11 is 0. The number of aryl methyl sites for hydroxylation is 1. The van der Waals surface area contributed by atoms with Crippen LogP contribution >= 0.6 is 0 Å². The van der Waals surface area contributed by atoms with Crippen molar-refractivity contribution in [2.24, 2.45) is 7.05 Å². The average molecular weight is 357 g/mol. The van der Waals surface area contributed by atoms with Gasteiger partial charge in [-0.1, -0.05) is 0 Å². The van der Waals surface area contributed by atoms with Crippen molar-refractivity contribution in [2.45, 2.75) is 38.8 Å². The molecule has 7 heteroatoms. The zero-order chi connectivity index (χ0) is 18.4. The summed E-state index contributed by atoms with van der Waals surface area (Å²) in [6.07, 6.45) is 8.96. The van der Waals surface area contributed by atoms with Gasteiger partial charge in [-0.2, -0.15) is 0 Å². The highest BCUT2D eigenvalue weighted by molar-refractivity contribution is 5.94. The van der Waals surface area contributed by atoms with Gasteiger partial charge in [-0.05, 0) is 38.3 Å². The van der Waals surface area contributed by atoms with Crippen LogP contribution in [0.5, 0.6) is 0 Å².